The zero-order valence-corrected chi connectivity index (χ0v) is 11.7. The first kappa shape index (κ1) is 16.8. The normalized spacial score (nSPS) is 12.6. The molecule has 0 bridgehead atoms. The Morgan fingerprint density at radius 1 is 1.35 bits per heavy atom. The molecule has 0 aromatic carbocycles. The Morgan fingerprint density at radius 3 is 2.47 bits per heavy atom. The maximum atomic E-state index is 11.9. The molecule has 0 aliphatic heterocycles. The second kappa shape index (κ2) is 8.82. The molecular weight excluding hydrogens is 244 g/mol. The highest BCUT2D eigenvalue weighted by Gasteiger charge is 2.20. The number of aliphatic hydroxyl groups excluding tert-OH is 1. The molecule has 0 heterocycles. The molecule has 0 rings (SSSR count). The van der Waals surface area contributed by atoms with Gasteiger partial charge in [-0.2, -0.15) is 4.31 Å². The van der Waals surface area contributed by atoms with E-state index >= 15 is 0 Å². The van der Waals surface area contributed by atoms with Gasteiger partial charge in [0.05, 0.1) is 19.0 Å². The molecule has 0 fully saturated rings. The van der Waals surface area contributed by atoms with Crippen LogP contribution in [0.2, 0.25) is 0 Å². The Hall–Kier alpha value is -0.210. The molecule has 0 saturated heterocycles. The van der Waals surface area contributed by atoms with Gasteiger partial charge in [0.1, 0.15) is 0 Å². The van der Waals surface area contributed by atoms with Gasteiger partial charge < -0.3 is 15.2 Å². The monoisotopic (exact) mass is 268 g/mol. The van der Waals surface area contributed by atoms with Crippen molar-refractivity contribution in [2.24, 2.45) is 0 Å². The largest absolute Gasteiger partial charge is 0.395 e. The molecule has 17 heavy (non-hydrogen) atoms. The Morgan fingerprint density at radius 2 is 2.00 bits per heavy atom. The second-order valence-electron chi connectivity index (χ2n) is 4.04. The molecule has 104 valence electrons. The molecule has 0 aromatic rings. The van der Waals surface area contributed by atoms with Crippen molar-refractivity contribution in [3.05, 3.63) is 0 Å². The summed E-state index contributed by atoms with van der Waals surface area (Å²) < 4.78 is 30.0. The van der Waals surface area contributed by atoms with Crippen LogP contribution in [-0.4, -0.2) is 69.6 Å². The standard InChI is InChI=1S/C10H24N2O4S/c1-10(2)11-4-9-17(14,15)12(5-7-13)6-8-16-3/h10-11,13H,4-9H2,1-3H3. The van der Waals surface area contributed by atoms with Crippen LogP contribution in [-0.2, 0) is 14.8 Å². The average molecular weight is 268 g/mol. The molecule has 6 nitrogen and oxygen atoms in total. The molecular formula is C10H24N2O4S. The molecule has 0 aromatic heterocycles. The fraction of sp³-hybridized carbons (Fsp3) is 1.00. The summed E-state index contributed by atoms with van der Waals surface area (Å²) in [5.41, 5.74) is 0. The van der Waals surface area contributed by atoms with Gasteiger partial charge in [0.15, 0.2) is 0 Å². The predicted molar refractivity (Wildman–Crippen MR) is 67.5 cm³/mol. The highest BCUT2D eigenvalue weighted by atomic mass is 32.2. The maximum absolute atomic E-state index is 11.9. The smallest absolute Gasteiger partial charge is 0.215 e. The predicted octanol–water partition coefficient (Wildman–Crippen LogP) is -0.745. The van der Waals surface area contributed by atoms with E-state index in [1.165, 1.54) is 11.4 Å². The summed E-state index contributed by atoms with van der Waals surface area (Å²) in [6.45, 7) is 4.88. The van der Waals surface area contributed by atoms with Crippen molar-refractivity contribution in [1.82, 2.24) is 9.62 Å². The van der Waals surface area contributed by atoms with Crippen LogP contribution in [0.3, 0.4) is 0 Å². The van der Waals surface area contributed by atoms with Gasteiger partial charge in [-0.25, -0.2) is 8.42 Å². The van der Waals surface area contributed by atoms with E-state index in [9.17, 15) is 8.42 Å². The van der Waals surface area contributed by atoms with Gasteiger partial charge in [-0.1, -0.05) is 13.8 Å². The zero-order chi connectivity index (χ0) is 13.3. The number of methoxy groups -OCH3 is 1. The van der Waals surface area contributed by atoms with Gasteiger partial charge in [-0.05, 0) is 0 Å². The maximum Gasteiger partial charge on any atom is 0.215 e. The molecule has 0 atom stereocenters. The molecule has 2 N–H and O–H groups in total. The third-order valence-electron chi connectivity index (χ3n) is 2.20. The summed E-state index contributed by atoms with van der Waals surface area (Å²) in [6, 6.07) is 0.260. The van der Waals surface area contributed by atoms with E-state index < -0.39 is 10.0 Å². The number of nitrogens with one attached hydrogen (secondary N) is 1. The van der Waals surface area contributed by atoms with Gasteiger partial charge in [0.25, 0.3) is 0 Å². The van der Waals surface area contributed by atoms with E-state index in [1.807, 2.05) is 13.8 Å². The first-order valence-electron chi connectivity index (χ1n) is 5.75. The van der Waals surface area contributed by atoms with Crippen LogP contribution in [0.1, 0.15) is 13.8 Å². The highest BCUT2D eigenvalue weighted by molar-refractivity contribution is 7.89. The molecule has 0 aliphatic carbocycles. The summed E-state index contributed by atoms with van der Waals surface area (Å²) in [6.07, 6.45) is 0. The summed E-state index contributed by atoms with van der Waals surface area (Å²) in [5.74, 6) is 0.0366. The molecule has 0 amide bonds. The van der Waals surface area contributed by atoms with Crippen LogP contribution in [0, 0.1) is 0 Å². The molecule has 0 spiro atoms. The van der Waals surface area contributed by atoms with Crippen molar-refractivity contribution >= 4 is 10.0 Å². The van der Waals surface area contributed by atoms with Gasteiger partial charge in [-0.15, -0.1) is 0 Å². The van der Waals surface area contributed by atoms with Crippen LogP contribution in [0.25, 0.3) is 0 Å². The number of hydrogen-bond donors (Lipinski definition) is 2. The van der Waals surface area contributed by atoms with Crippen LogP contribution in [0.4, 0.5) is 0 Å². The van der Waals surface area contributed by atoms with Crippen LogP contribution in [0.15, 0.2) is 0 Å². The topological polar surface area (TPSA) is 78.9 Å². The van der Waals surface area contributed by atoms with E-state index in [2.05, 4.69) is 5.32 Å². The minimum Gasteiger partial charge on any atom is -0.395 e. The van der Waals surface area contributed by atoms with Crippen molar-refractivity contribution in [1.29, 1.82) is 0 Å². The molecule has 0 saturated carbocycles. The first-order valence-corrected chi connectivity index (χ1v) is 7.36. The average Bonchev–Trinajstić information content (AvgIpc) is 2.23. The van der Waals surface area contributed by atoms with Gasteiger partial charge >= 0.3 is 0 Å². The number of ether oxygens (including phenoxy) is 1. The van der Waals surface area contributed by atoms with Crippen LogP contribution < -0.4 is 5.32 Å². The van der Waals surface area contributed by atoms with E-state index in [-0.39, 0.29) is 31.5 Å². The van der Waals surface area contributed by atoms with E-state index in [0.717, 1.165) is 0 Å². The van der Waals surface area contributed by atoms with Crippen LogP contribution >= 0.6 is 0 Å². The van der Waals surface area contributed by atoms with Crippen molar-refractivity contribution in [3.63, 3.8) is 0 Å². The second-order valence-corrected chi connectivity index (χ2v) is 6.13. The Kier molecular flexibility index (Phi) is 8.71. The first-order chi connectivity index (χ1) is 7.94. The molecule has 0 unspecified atom stereocenters. The summed E-state index contributed by atoms with van der Waals surface area (Å²) in [5, 5.41) is 11.9. The lowest BCUT2D eigenvalue weighted by molar-refractivity contribution is 0.168. The van der Waals surface area contributed by atoms with E-state index in [0.29, 0.717) is 13.2 Å². The molecule has 0 radical (unpaired) electrons. The van der Waals surface area contributed by atoms with Crippen molar-refractivity contribution in [2.75, 3.05) is 45.7 Å². The fourth-order valence-corrected chi connectivity index (χ4v) is 2.65. The van der Waals surface area contributed by atoms with Crippen molar-refractivity contribution < 1.29 is 18.3 Å². The lowest BCUT2D eigenvalue weighted by Crippen LogP contribution is -2.40. The number of sulfonamides is 1. The number of hydrogen-bond acceptors (Lipinski definition) is 5. The summed E-state index contributed by atoms with van der Waals surface area (Å²) in [7, 11) is -1.80. The van der Waals surface area contributed by atoms with Crippen LogP contribution in [0.5, 0.6) is 0 Å². The Bertz CT molecular complexity index is 280. The van der Waals surface area contributed by atoms with E-state index in [1.54, 1.807) is 0 Å². The number of rotatable bonds is 10. The van der Waals surface area contributed by atoms with Crippen molar-refractivity contribution in [2.45, 2.75) is 19.9 Å². The minimum absolute atomic E-state index is 0.0366. The highest BCUT2D eigenvalue weighted by Crippen LogP contribution is 2.00. The Labute approximate surface area is 104 Å². The third kappa shape index (κ3) is 7.67. The lowest BCUT2D eigenvalue weighted by Gasteiger charge is -2.21. The van der Waals surface area contributed by atoms with Gasteiger partial charge in [-0.3, -0.25) is 0 Å². The molecule has 0 aliphatic rings. The SMILES string of the molecule is COCCN(CCO)S(=O)(=O)CCNC(C)C. The number of aliphatic hydroxyl groups is 1. The summed E-state index contributed by atoms with van der Waals surface area (Å²) >= 11 is 0. The quantitative estimate of drug-likeness (QED) is 0.545. The van der Waals surface area contributed by atoms with E-state index in [4.69, 9.17) is 9.84 Å². The van der Waals surface area contributed by atoms with Gasteiger partial charge in [0, 0.05) is 32.8 Å². The number of nitrogens with zero attached hydrogens (tertiary/aromatic N) is 1. The minimum atomic E-state index is -3.32. The summed E-state index contributed by atoms with van der Waals surface area (Å²) in [4.78, 5) is 0. The Balaban J connectivity index is 4.28. The third-order valence-corrected chi connectivity index (χ3v) is 4.07. The fourth-order valence-electron chi connectivity index (χ4n) is 1.30. The lowest BCUT2D eigenvalue weighted by atomic mass is 10.4. The zero-order valence-electron chi connectivity index (χ0n) is 10.8. The molecule has 7 heteroatoms. The van der Waals surface area contributed by atoms with Crippen molar-refractivity contribution in [3.8, 4) is 0 Å². The van der Waals surface area contributed by atoms with Gasteiger partial charge in [0.2, 0.25) is 10.0 Å².